The highest BCUT2D eigenvalue weighted by molar-refractivity contribution is 7.99. The van der Waals surface area contributed by atoms with Gasteiger partial charge in [0.25, 0.3) is 0 Å². The number of aromatic amines is 1. The molecule has 0 aliphatic rings. The molecule has 3 rings (SSSR count). The third-order valence-corrected chi connectivity index (χ3v) is 4.56. The van der Waals surface area contributed by atoms with E-state index in [-0.39, 0.29) is 0 Å². The maximum atomic E-state index is 5.96. The first-order valence-electron chi connectivity index (χ1n) is 6.18. The number of H-pyrrole nitrogens is 1. The van der Waals surface area contributed by atoms with Crippen LogP contribution in [-0.4, -0.2) is 20.2 Å². The number of nitrogens with one attached hydrogen (secondary N) is 1. The molecule has 0 amide bonds. The summed E-state index contributed by atoms with van der Waals surface area (Å²) in [6.07, 6.45) is 0. The van der Waals surface area contributed by atoms with Crippen LogP contribution in [-0.2, 0) is 0 Å². The monoisotopic (exact) mass is 304 g/mol. The lowest BCUT2D eigenvalue weighted by Crippen LogP contribution is -1.95. The van der Waals surface area contributed by atoms with Crippen molar-refractivity contribution < 1.29 is 0 Å². The van der Waals surface area contributed by atoms with E-state index in [1.807, 2.05) is 19.9 Å². The summed E-state index contributed by atoms with van der Waals surface area (Å²) in [5.74, 6) is 0. The van der Waals surface area contributed by atoms with Crippen molar-refractivity contribution in [2.75, 3.05) is 0 Å². The fourth-order valence-corrected chi connectivity index (χ4v) is 2.95. The van der Waals surface area contributed by atoms with Gasteiger partial charge in [0.15, 0.2) is 10.3 Å². The average molecular weight is 305 g/mol. The lowest BCUT2D eigenvalue weighted by atomic mass is 10.2. The summed E-state index contributed by atoms with van der Waals surface area (Å²) in [4.78, 5) is 7.85. The zero-order valence-electron chi connectivity index (χ0n) is 11.4. The Morgan fingerprint density at radius 3 is 2.70 bits per heavy atom. The van der Waals surface area contributed by atoms with E-state index in [4.69, 9.17) is 11.6 Å². The number of halogens is 1. The van der Waals surface area contributed by atoms with Crippen LogP contribution in [0.1, 0.15) is 16.7 Å². The number of aryl methyl sites for hydroxylation is 1. The minimum absolute atomic E-state index is 0.451. The van der Waals surface area contributed by atoms with Crippen LogP contribution in [0.2, 0.25) is 5.15 Å². The number of rotatable bonds is 2. The standard InChI is InChI=1S/C14H13ClN4S/c1-7-4-5-10-11(6-7)17-14(16-10)20-13-9(3)8(2)12(15)18-19-13/h4-6H,1-3H3,(H,16,17). The number of hydrogen-bond acceptors (Lipinski definition) is 4. The van der Waals surface area contributed by atoms with Gasteiger partial charge in [-0.1, -0.05) is 17.7 Å². The third-order valence-electron chi connectivity index (χ3n) is 3.23. The van der Waals surface area contributed by atoms with Crippen molar-refractivity contribution in [1.82, 2.24) is 20.2 Å². The lowest BCUT2D eigenvalue weighted by Gasteiger charge is -2.05. The molecule has 102 valence electrons. The Morgan fingerprint density at radius 2 is 1.90 bits per heavy atom. The Bertz CT molecular complexity index is 797. The molecular formula is C14H13ClN4S. The molecular weight excluding hydrogens is 292 g/mol. The highest BCUT2D eigenvalue weighted by atomic mass is 35.5. The highest BCUT2D eigenvalue weighted by Crippen LogP contribution is 2.30. The first-order valence-corrected chi connectivity index (χ1v) is 7.37. The van der Waals surface area contributed by atoms with Gasteiger partial charge in [-0.25, -0.2) is 4.98 Å². The number of nitrogens with zero attached hydrogens (tertiary/aromatic N) is 3. The zero-order valence-corrected chi connectivity index (χ0v) is 12.9. The van der Waals surface area contributed by atoms with Crippen molar-refractivity contribution >= 4 is 34.4 Å². The molecule has 20 heavy (non-hydrogen) atoms. The van der Waals surface area contributed by atoms with Crippen LogP contribution in [0, 0.1) is 20.8 Å². The van der Waals surface area contributed by atoms with Gasteiger partial charge in [-0.2, -0.15) is 0 Å². The third kappa shape index (κ3) is 2.39. The van der Waals surface area contributed by atoms with Gasteiger partial charge in [0, 0.05) is 0 Å². The Morgan fingerprint density at radius 1 is 1.10 bits per heavy atom. The van der Waals surface area contributed by atoms with Gasteiger partial charge in [0.2, 0.25) is 0 Å². The van der Waals surface area contributed by atoms with Crippen molar-refractivity contribution in [2.24, 2.45) is 0 Å². The van der Waals surface area contributed by atoms with Gasteiger partial charge >= 0.3 is 0 Å². The van der Waals surface area contributed by atoms with Crippen LogP contribution in [0.4, 0.5) is 0 Å². The van der Waals surface area contributed by atoms with Gasteiger partial charge in [0.05, 0.1) is 11.0 Å². The second kappa shape index (κ2) is 5.07. The summed E-state index contributed by atoms with van der Waals surface area (Å²) in [5.41, 5.74) is 5.18. The van der Waals surface area contributed by atoms with Gasteiger partial charge < -0.3 is 4.98 Å². The van der Waals surface area contributed by atoms with Gasteiger partial charge in [-0.15, -0.1) is 10.2 Å². The predicted molar refractivity (Wildman–Crippen MR) is 81.5 cm³/mol. The summed E-state index contributed by atoms with van der Waals surface area (Å²) in [6.45, 7) is 5.99. The van der Waals surface area contributed by atoms with Crippen molar-refractivity contribution in [1.29, 1.82) is 0 Å². The van der Waals surface area contributed by atoms with E-state index in [2.05, 4.69) is 39.2 Å². The van der Waals surface area contributed by atoms with Gasteiger partial charge in [-0.05, 0) is 61.4 Å². The van der Waals surface area contributed by atoms with Crippen LogP contribution in [0.25, 0.3) is 11.0 Å². The maximum Gasteiger partial charge on any atom is 0.172 e. The minimum atomic E-state index is 0.451. The van der Waals surface area contributed by atoms with Crippen molar-refractivity contribution in [2.45, 2.75) is 31.0 Å². The molecule has 0 spiro atoms. The Balaban J connectivity index is 1.99. The van der Waals surface area contributed by atoms with E-state index in [0.29, 0.717) is 5.15 Å². The summed E-state index contributed by atoms with van der Waals surface area (Å²) >= 11 is 7.43. The fraction of sp³-hybridized carbons (Fsp3) is 0.214. The van der Waals surface area contributed by atoms with Crippen molar-refractivity contribution in [3.63, 3.8) is 0 Å². The molecule has 3 aromatic rings. The largest absolute Gasteiger partial charge is 0.333 e. The Kier molecular flexibility index (Phi) is 3.40. The molecule has 0 saturated heterocycles. The normalized spacial score (nSPS) is 11.2. The molecule has 1 N–H and O–H groups in total. The van der Waals surface area contributed by atoms with E-state index < -0.39 is 0 Å². The van der Waals surface area contributed by atoms with Crippen molar-refractivity contribution in [3.05, 3.63) is 40.0 Å². The molecule has 6 heteroatoms. The number of benzene rings is 1. The van der Waals surface area contributed by atoms with E-state index in [1.54, 1.807) is 0 Å². The average Bonchev–Trinajstić information content (AvgIpc) is 2.81. The molecule has 2 heterocycles. The highest BCUT2D eigenvalue weighted by Gasteiger charge is 2.12. The summed E-state index contributed by atoms with van der Waals surface area (Å²) in [7, 11) is 0. The molecule has 1 aromatic carbocycles. The smallest absolute Gasteiger partial charge is 0.172 e. The molecule has 0 atom stereocenters. The van der Waals surface area contributed by atoms with Crippen LogP contribution in [0.5, 0.6) is 0 Å². The zero-order chi connectivity index (χ0) is 14.3. The van der Waals surface area contributed by atoms with E-state index >= 15 is 0 Å². The van der Waals surface area contributed by atoms with Crippen LogP contribution in [0.3, 0.4) is 0 Å². The first kappa shape index (κ1) is 13.4. The van der Waals surface area contributed by atoms with Crippen LogP contribution >= 0.6 is 23.4 Å². The number of fused-ring (bicyclic) bond motifs is 1. The molecule has 2 aromatic heterocycles. The van der Waals surface area contributed by atoms with Crippen molar-refractivity contribution in [3.8, 4) is 0 Å². The topological polar surface area (TPSA) is 54.5 Å². The first-order chi connectivity index (χ1) is 9.54. The quantitative estimate of drug-likeness (QED) is 0.775. The predicted octanol–water partition coefficient (Wildman–Crippen LogP) is 4.08. The maximum absolute atomic E-state index is 5.96. The molecule has 4 nitrogen and oxygen atoms in total. The van der Waals surface area contributed by atoms with Gasteiger partial charge in [0.1, 0.15) is 5.03 Å². The van der Waals surface area contributed by atoms with Crippen LogP contribution < -0.4 is 0 Å². The molecule has 0 aliphatic heterocycles. The molecule has 0 bridgehead atoms. The van der Waals surface area contributed by atoms with Crippen LogP contribution in [0.15, 0.2) is 28.4 Å². The number of imidazole rings is 1. The van der Waals surface area contributed by atoms with E-state index in [9.17, 15) is 0 Å². The summed E-state index contributed by atoms with van der Waals surface area (Å²) in [5, 5.41) is 10.2. The van der Waals surface area contributed by atoms with E-state index in [0.717, 1.165) is 32.3 Å². The molecule has 0 fully saturated rings. The molecule has 0 radical (unpaired) electrons. The summed E-state index contributed by atoms with van der Waals surface area (Å²) in [6, 6.07) is 6.14. The Hall–Kier alpha value is -1.59. The SMILES string of the molecule is Cc1ccc2nc(Sc3nnc(Cl)c(C)c3C)[nH]c2c1. The number of aromatic nitrogens is 4. The number of hydrogen-bond donors (Lipinski definition) is 1. The fourth-order valence-electron chi connectivity index (χ4n) is 1.89. The minimum Gasteiger partial charge on any atom is -0.333 e. The Labute approximate surface area is 126 Å². The molecule has 0 unspecified atom stereocenters. The van der Waals surface area contributed by atoms with E-state index in [1.165, 1.54) is 17.3 Å². The lowest BCUT2D eigenvalue weighted by molar-refractivity contribution is 0.887. The molecule has 0 saturated carbocycles. The second-order valence-electron chi connectivity index (χ2n) is 4.71. The molecule has 0 aliphatic carbocycles. The van der Waals surface area contributed by atoms with Gasteiger partial charge in [-0.3, -0.25) is 0 Å². The summed E-state index contributed by atoms with van der Waals surface area (Å²) < 4.78 is 0. The second-order valence-corrected chi connectivity index (χ2v) is 6.05.